The van der Waals surface area contributed by atoms with Crippen molar-refractivity contribution in [1.82, 2.24) is 15.5 Å². The number of nitrogens with one attached hydrogen (secondary N) is 2. The van der Waals surface area contributed by atoms with Gasteiger partial charge in [0, 0.05) is 31.2 Å². The molecule has 0 unspecified atom stereocenters. The lowest BCUT2D eigenvalue weighted by molar-refractivity contribution is 0.0946. The van der Waals surface area contributed by atoms with Gasteiger partial charge >= 0.3 is 0 Å². The zero-order valence-electron chi connectivity index (χ0n) is 12.8. The van der Waals surface area contributed by atoms with Gasteiger partial charge in [-0.05, 0) is 49.5 Å². The summed E-state index contributed by atoms with van der Waals surface area (Å²) in [6.45, 7) is 6.81. The Hall–Kier alpha value is -1.39. The maximum Gasteiger partial charge on any atom is 0.251 e. The van der Waals surface area contributed by atoms with E-state index in [0.29, 0.717) is 0 Å². The van der Waals surface area contributed by atoms with Crippen LogP contribution in [0.5, 0.6) is 0 Å². The Morgan fingerprint density at radius 1 is 1.43 bits per heavy atom. The highest BCUT2D eigenvalue weighted by molar-refractivity contribution is 5.96. The Morgan fingerprint density at radius 3 is 3.05 bits per heavy atom. The summed E-state index contributed by atoms with van der Waals surface area (Å²) in [4.78, 5) is 14.9. The monoisotopic (exact) mass is 287 g/mol. The molecule has 114 valence electrons. The van der Waals surface area contributed by atoms with Crippen LogP contribution in [-0.4, -0.2) is 43.0 Å². The van der Waals surface area contributed by atoms with E-state index in [1.54, 1.807) is 0 Å². The minimum Gasteiger partial charge on any atom is -0.351 e. The van der Waals surface area contributed by atoms with Crippen LogP contribution in [-0.2, 0) is 13.0 Å². The molecular weight excluding hydrogens is 262 g/mol. The van der Waals surface area contributed by atoms with E-state index in [1.807, 2.05) is 12.1 Å². The summed E-state index contributed by atoms with van der Waals surface area (Å²) in [7, 11) is 0. The van der Waals surface area contributed by atoms with Crippen molar-refractivity contribution in [1.29, 1.82) is 0 Å². The molecular formula is C17H25N3O. The fraction of sp³-hybridized carbons (Fsp3) is 0.588. The van der Waals surface area contributed by atoms with Crippen LogP contribution in [0.4, 0.5) is 0 Å². The fourth-order valence-electron chi connectivity index (χ4n) is 3.19. The Balaban J connectivity index is 1.58. The number of likely N-dealkylation sites (N-methyl/N-ethyl adjacent to an activating group) is 1. The summed E-state index contributed by atoms with van der Waals surface area (Å²) in [6, 6.07) is 6.83. The molecule has 1 amide bonds. The van der Waals surface area contributed by atoms with Crippen LogP contribution in [0.15, 0.2) is 18.2 Å². The predicted molar refractivity (Wildman–Crippen MR) is 84.5 cm³/mol. The van der Waals surface area contributed by atoms with Crippen LogP contribution < -0.4 is 10.6 Å². The van der Waals surface area contributed by atoms with Crippen LogP contribution >= 0.6 is 0 Å². The van der Waals surface area contributed by atoms with Gasteiger partial charge in [0.15, 0.2) is 0 Å². The summed E-state index contributed by atoms with van der Waals surface area (Å²) in [5, 5.41) is 6.45. The average Bonchev–Trinajstić information content (AvgIpc) is 3.35. The molecule has 1 aliphatic carbocycles. The van der Waals surface area contributed by atoms with E-state index < -0.39 is 0 Å². The van der Waals surface area contributed by atoms with E-state index in [4.69, 9.17) is 0 Å². The lowest BCUT2D eigenvalue weighted by atomic mass is 9.95. The van der Waals surface area contributed by atoms with Gasteiger partial charge in [0.2, 0.25) is 0 Å². The Morgan fingerprint density at radius 2 is 2.29 bits per heavy atom. The molecule has 21 heavy (non-hydrogen) atoms. The summed E-state index contributed by atoms with van der Waals surface area (Å²) in [6.07, 6.45) is 3.59. The number of benzene rings is 1. The van der Waals surface area contributed by atoms with E-state index in [-0.39, 0.29) is 5.91 Å². The molecule has 0 radical (unpaired) electrons. The van der Waals surface area contributed by atoms with Crippen LogP contribution in [0.1, 0.15) is 41.3 Å². The number of hydrogen-bond acceptors (Lipinski definition) is 3. The zero-order chi connectivity index (χ0) is 14.7. The maximum atomic E-state index is 12.4. The van der Waals surface area contributed by atoms with E-state index in [2.05, 4.69) is 28.5 Å². The van der Waals surface area contributed by atoms with Gasteiger partial charge in [-0.1, -0.05) is 19.1 Å². The topological polar surface area (TPSA) is 44.4 Å². The Labute approximate surface area is 126 Å². The molecule has 0 aromatic heterocycles. The molecule has 4 nitrogen and oxygen atoms in total. The van der Waals surface area contributed by atoms with Crippen molar-refractivity contribution in [2.24, 2.45) is 0 Å². The second-order valence-corrected chi connectivity index (χ2v) is 5.99. The van der Waals surface area contributed by atoms with Gasteiger partial charge < -0.3 is 10.6 Å². The van der Waals surface area contributed by atoms with Gasteiger partial charge in [0.05, 0.1) is 0 Å². The molecule has 1 aromatic rings. The molecule has 1 aliphatic heterocycles. The first-order valence-corrected chi connectivity index (χ1v) is 8.13. The molecule has 0 saturated heterocycles. The molecule has 3 rings (SSSR count). The van der Waals surface area contributed by atoms with Crippen molar-refractivity contribution in [2.45, 2.75) is 38.8 Å². The van der Waals surface area contributed by atoms with E-state index in [0.717, 1.165) is 50.7 Å². The van der Waals surface area contributed by atoms with Crippen molar-refractivity contribution in [3.05, 3.63) is 34.9 Å². The predicted octanol–water partition coefficient (Wildman–Crippen LogP) is 1.55. The second kappa shape index (κ2) is 6.58. The number of nitrogens with zero attached hydrogens (tertiary/aromatic N) is 1. The average molecular weight is 287 g/mol. The molecule has 0 bridgehead atoms. The first kappa shape index (κ1) is 14.5. The van der Waals surface area contributed by atoms with Crippen molar-refractivity contribution in [3.8, 4) is 0 Å². The fourth-order valence-corrected chi connectivity index (χ4v) is 3.19. The van der Waals surface area contributed by atoms with Gasteiger partial charge in [-0.3, -0.25) is 9.69 Å². The molecule has 0 atom stereocenters. The van der Waals surface area contributed by atoms with Crippen molar-refractivity contribution >= 4 is 5.91 Å². The summed E-state index contributed by atoms with van der Waals surface area (Å²) in [5.41, 5.74) is 3.36. The van der Waals surface area contributed by atoms with Crippen molar-refractivity contribution in [3.63, 3.8) is 0 Å². The lowest BCUT2D eigenvalue weighted by Crippen LogP contribution is -2.36. The Bertz CT molecular complexity index is 511. The minimum absolute atomic E-state index is 0.0839. The molecule has 1 fully saturated rings. The molecule has 2 aliphatic rings. The number of hydrogen-bond donors (Lipinski definition) is 2. The standard InChI is InChI=1S/C17H25N3O/c1-2-20(14-6-7-14)11-10-19-17(21)16-5-3-4-13-12-18-9-8-15(13)16/h3-5,14,18H,2,6-12H2,1H3,(H,19,21). The number of fused-ring (bicyclic) bond motifs is 1. The normalized spacial score (nSPS) is 17.6. The SMILES string of the molecule is CCN(CCNC(=O)c1cccc2c1CCNC2)C1CC1. The third-order valence-electron chi connectivity index (χ3n) is 4.54. The maximum absolute atomic E-state index is 12.4. The number of amides is 1. The smallest absolute Gasteiger partial charge is 0.251 e. The molecule has 1 aromatic carbocycles. The highest BCUT2D eigenvalue weighted by Gasteiger charge is 2.27. The first-order chi connectivity index (χ1) is 10.3. The summed E-state index contributed by atoms with van der Waals surface area (Å²) >= 11 is 0. The van der Waals surface area contributed by atoms with E-state index in [9.17, 15) is 4.79 Å². The minimum atomic E-state index is 0.0839. The molecule has 1 heterocycles. The van der Waals surface area contributed by atoms with Gasteiger partial charge in [0.25, 0.3) is 5.91 Å². The van der Waals surface area contributed by atoms with Crippen LogP contribution in [0.3, 0.4) is 0 Å². The number of carbonyl (C=O) groups excluding carboxylic acids is 1. The van der Waals surface area contributed by atoms with Gasteiger partial charge in [-0.15, -0.1) is 0 Å². The van der Waals surface area contributed by atoms with Crippen molar-refractivity contribution in [2.75, 3.05) is 26.2 Å². The number of carbonyl (C=O) groups is 1. The van der Waals surface area contributed by atoms with Crippen LogP contribution in [0.25, 0.3) is 0 Å². The van der Waals surface area contributed by atoms with Gasteiger partial charge in [0.1, 0.15) is 0 Å². The zero-order valence-corrected chi connectivity index (χ0v) is 12.8. The second-order valence-electron chi connectivity index (χ2n) is 5.99. The quantitative estimate of drug-likeness (QED) is 0.834. The van der Waals surface area contributed by atoms with Crippen molar-refractivity contribution < 1.29 is 4.79 Å². The van der Waals surface area contributed by atoms with E-state index in [1.165, 1.54) is 24.0 Å². The molecule has 4 heteroatoms. The highest BCUT2D eigenvalue weighted by atomic mass is 16.1. The first-order valence-electron chi connectivity index (χ1n) is 8.13. The largest absolute Gasteiger partial charge is 0.351 e. The van der Waals surface area contributed by atoms with E-state index >= 15 is 0 Å². The van der Waals surface area contributed by atoms with Crippen LogP contribution in [0.2, 0.25) is 0 Å². The lowest BCUT2D eigenvalue weighted by Gasteiger charge is -2.21. The third kappa shape index (κ3) is 3.44. The Kier molecular flexibility index (Phi) is 4.56. The summed E-state index contributed by atoms with van der Waals surface area (Å²) < 4.78 is 0. The van der Waals surface area contributed by atoms with Gasteiger partial charge in [-0.25, -0.2) is 0 Å². The third-order valence-corrected chi connectivity index (χ3v) is 4.54. The summed E-state index contributed by atoms with van der Waals surface area (Å²) in [5.74, 6) is 0.0839. The highest BCUT2D eigenvalue weighted by Crippen LogP contribution is 2.25. The number of rotatable bonds is 6. The molecule has 2 N–H and O–H groups in total. The van der Waals surface area contributed by atoms with Gasteiger partial charge in [-0.2, -0.15) is 0 Å². The van der Waals surface area contributed by atoms with Crippen LogP contribution in [0, 0.1) is 0 Å². The molecule has 0 spiro atoms. The molecule has 1 saturated carbocycles.